The van der Waals surface area contributed by atoms with Crippen LogP contribution in [-0.2, 0) is 17.6 Å². The SMILES string of the molecule is O=C(O)C1CCCN(C(=O)NCCC2Cc3ccccc3C2)C1. The van der Waals surface area contributed by atoms with Gasteiger partial charge in [0.05, 0.1) is 5.92 Å². The van der Waals surface area contributed by atoms with Crippen LogP contribution in [-0.4, -0.2) is 41.6 Å². The average molecular weight is 316 g/mol. The van der Waals surface area contributed by atoms with E-state index < -0.39 is 11.9 Å². The van der Waals surface area contributed by atoms with Gasteiger partial charge in [0.1, 0.15) is 0 Å². The topological polar surface area (TPSA) is 69.6 Å². The summed E-state index contributed by atoms with van der Waals surface area (Å²) in [4.78, 5) is 24.9. The molecule has 1 aliphatic carbocycles. The maximum absolute atomic E-state index is 12.2. The molecule has 0 aromatic heterocycles. The lowest BCUT2D eigenvalue weighted by atomic mass is 9.98. The Morgan fingerprint density at radius 1 is 1.22 bits per heavy atom. The number of benzene rings is 1. The molecule has 1 aromatic carbocycles. The molecule has 23 heavy (non-hydrogen) atoms. The van der Waals surface area contributed by atoms with Crippen LogP contribution in [0.4, 0.5) is 4.79 Å². The van der Waals surface area contributed by atoms with Crippen molar-refractivity contribution in [3.8, 4) is 0 Å². The van der Waals surface area contributed by atoms with Crippen LogP contribution < -0.4 is 5.32 Å². The highest BCUT2D eigenvalue weighted by molar-refractivity contribution is 5.76. The van der Waals surface area contributed by atoms with Crippen molar-refractivity contribution in [3.05, 3.63) is 35.4 Å². The van der Waals surface area contributed by atoms with Crippen LogP contribution in [0, 0.1) is 11.8 Å². The molecule has 0 bridgehead atoms. The van der Waals surface area contributed by atoms with E-state index in [4.69, 9.17) is 5.11 Å². The minimum absolute atomic E-state index is 0.119. The number of fused-ring (bicyclic) bond motifs is 1. The highest BCUT2D eigenvalue weighted by Crippen LogP contribution is 2.28. The number of carboxylic acids is 1. The molecule has 3 rings (SSSR count). The number of carbonyl (C=O) groups is 2. The van der Waals surface area contributed by atoms with Crippen molar-refractivity contribution in [1.82, 2.24) is 10.2 Å². The number of rotatable bonds is 4. The van der Waals surface area contributed by atoms with Crippen molar-refractivity contribution in [3.63, 3.8) is 0 Å². The van der Waals surface area contributed by atoms with Gasteiger partial charge in [-0.15, -0.1) is 0 Å². The predicted octanol–water partition coefficient (Wildman–Crippen LogP) is 2.30. The molecular formula is C18H24N2O3. The van der Waals surface area contributed by atoms with Gasteiger partial charge in [0, 0.05) is 19.6 Å². The second-order valence-corrected chi connectivity index (χ2v) is 6.69. The Hall–Kier alpha value is -2.04. The second-order valence-electron chi connectivity index (χ2n) is 6.69. The van der Waals surface area contributed by atoms with Crippen LogP contribution in [0.1, 0.15) is 30.4 Å². The number of urea groups is 1. The van der Waals surface area contributed by atoms with Gasteiger partial charge in [0.25, 0.3) is 0 Å². The number of carboxylic acid groups (broad SMARTS) is 1. The lowest BCUT2D eigenvalue weighted by molar-refractivity contribution is -0.143. The average Bonchev–Trinajstić information content (AvgIpc) is 2.97. The number of piperidine rings is 1. The van der Waals surface area contributed by atoms with E-state index in [1.807, 2.05) is 0 Å². The Bertz CT molecular complexity index is 562. The lowest BCUT2D eigenvalue weighted by Crippen LogP contribution is -2.47. The van der Waals surface area contributed by atoms with E-state index in [2.05, 4.69) is 29.6 Å². The molecule has 5 heteroatoms. The summed E-state index contributed by atoms with van der Waals surface area (Å²) in [6.07, 6.45) is 4.59. The van der Waals surface area contributed by atoms with Gasteiger partial charge in [-0.25, -0.2) is 4.79 Å². The van der Waals surface area contributed by atoms with Gasteiger partial charge in [0.15, 0.2) is 0 Å². The summed E-state index contributed by atoms with van der Waals surface area (Å²) in [7, 11) is 0. The number of aliphatic carboxylic acids is 1. The maximum Gasteiger partial charge on any atom is 0.317 e. The highest BCUT2D eigenvalue weighted by Gasteiger charge is 2.28. The Morgan fingerprint density at radius 3 is 2.57 bits per heavy atom. The Labute approximate surface area is 136 Å². The van der Waals surface area contributed by atoms with Gasteiger partial charge in [0.2, 0.25) is 0 Å². The van der Waals surface area contributed by atoms with Crippen molar-refractivity contribution in [1.29, 1.82) is 0 Å². The van der Waals surface area contributed by atoms with Crippen LogP contribution in [0.15, 0.2) is 24.3 Å². The van der Waals surface area contributed by atoms with Gasteiger partial charge in [-0.1, -0.05) is 24.3 Å². The minimum atomic E-state index is -0.800. The smallest absolute Gasteiger partial charge is 0.317 e. The van der Waals surface area contributed by atoms with Crippen molar-refractivity contribution in [2.45, 2.75) is 32.1 Å². The first-order valence-electron chi connectivity index (χ1n) is 8.46. The molecule has 1 aromatic rings. The summed E-state index contributed by atoms with van der Waals surface area (Å²) >= 11 is 0. The van der Waals surface area contributed by atoms with Crippen LogP contribution in [0.25, 0.3) is 0 Å². The third-order valence-electron chi connectivity index (χ3n) is 5.02. The Balaban J connectivity index is 1.41. The standard InChI is InChI=1S/C18H24N2O3/c21-17(22)16-6-3-9-20(12-16)18(23)19-8-7-13-10-14-4-1-2-5-15(14)11-13/h1-2,4-5,13,16H,3,6-12H2,(H,19,23)(H,21,22). The Kier molecular flexibility index (Phi) is 4.84. The molecule has 5 nitrogen and oxygen atoms in total. The summed E-state index contributed by atoms with van der Waals surface area (Å²) in [6.45, 7) is 1.65. The zero-order valence-corrected chi connectivity index (χ0v) is 13.3. The number of hydrogen-bond donors (Lipinski definition) is 2. The van der Waals surface area contributed by atoms with E-state index in [0.29, 0.717) is 32.0 Å². The van der Waals surface area contributed by atoms with Gasteiger partial charge >= 0.3 is 12.0 Å². The van der Waals surface area contributed by atoms with E-state index in [1.54, 1.807) is 4.90 Å². The Morgan fingerprint density at radius 2 is 1.91 bits per heavy atom. The zero-order valence-electron chi connectivity index (χ0n) is 13.3. The molecule has 1 fully saturated rings. The molecule has 1 saturated heterocycles. The number of amides is 2. The molecular weight excluding hydrogens is 292 g/mol. The molecule has 1 unspecified atom stereocenters. The second kappa shape index (κ2) is 7.02. The first-order valence-corrected chi connectivity index (χ1v) is 8.46. The first kappa shape index (κ1) is 15.8. The number of nitrogens with one attached hydrogen (secondary N) is 1. The van der Waals surface area contributed by atoms with Gasteiger partial charge in [-0.3, -0.25) is 4.79 Å². The van der Waals surface area contributed by atoms with E-state index in [-0.39, 0.29) is 6.03 Å². The minimum Gasteiger partial charge on any atom is -0.481 e. The molecule has 2 amide bonds. The van der Waals surface area contributed by atoms with Crippen molar-refractivity contribution in [2.75, 3.05) is 19.6 Å². The van der Waals surface area contributed by atoms with E-state index in [0.717, 1.165) is 25.7 Å². The van der Waals surface area contributed by atoms with Crippen LogP contribution >= 0.6 is 0 Å². The predicted molar refractivity (Wildman–Crippen MR) is 87.3 cm³/mol. The molecule has 1 atom stereocenters. The number of likely N-dealkylation sites (tertiary alicyclic amines) is 1. The normalized spacial score (nSPS) is 21.0. The molecule has 1 heterocycles. The first-order chi connectivity index (χ1) is 11.1. The van der Waals surface area contributed by atoms with Crippen LogP contribution in [0.2, 0.25) is 0 Å². The molecule has 0 saturated carbocycles. The summed E-state index contributed by atoms with van der Waals surface area (Å²) < 4.78 is 0. The van der Waals surface area contributed by atoms with Gasteiger partial charge < -0.3 is 15.3 Å². The molecule has 2 aliphatic rings. The number of carbonyl (C=O) groups excluding carboxylic acids is 1. The van der Waals surface area contributed by atoms with E-state index >= 15 is 0 Å². The quantitative estimate of drug-likeness (QED) is 0.895. The fourth-order valence-electron chi connectivity index (χ4n) is 3.71. The van der Waals surface area contributed by atoms with E-state index in [1.165, 1.54) is 11.1 Å². The third-order valence-corrected chi connectivity index (χ3v) is 5.02. The summed E-state index contributed by atoms with van der Waals surface area (Å²) in [6, 6.07) is 8.42. The van der Waals surface area contributed by atoms with Crippen LogP contribution in [0.3, 0.4) is 0 Å². The largest absolute Gasteiger partial charge is 0.481 e. The molecule has 124 valence electrons. The fraction of sp³-hybridized carbons (Fsp3) is 0.556. The van der Waals surface area contributed by atoms with Crippen molar-refractivity contribution in [2.24, 2.45) is 11.8 Å². The van der Waals surface area contributed by atoms with Crippen LogP contribution in [0.5, 0.6) is 0 Å². The fourth-order valence-corrected chi connectivity index (χ4v) is 3.71. The maximum atomic E-state index is 12.2. The zero-order chi connectivity index (χ0) is 16.2. The lowest BCUT2D eigenvalue weighted by Gasteiger charge is -2.30. The molecule has 2 N–H and O–H groups in total. The monoisotopic (exact) mass is 316 g/mol. The van der Waals surface area contributed by atoms with Crippen molar-refractivity contribution < 1.29 is 14.7 Å². The molecule has 1 aliphatic heterocycles. The summed E-state index contributed by atoms with van der Waals surface area (Å²) in [5.41, 5.74) is 2.87. The number of hydrogen-bond acceptors (Lipinski definition) is 2. The van der Waals surface area contributed by atoms with Gasteiger partial charge in [-0.2, -0.15) is 0 Å². The van der Waals surface area contributed by atoms with E-state index in [9.17, 15) is 9.59 Å². The highest BCUT2D eigenvalue weighted by atomic mass is 16.4. The van der Waals surface area contributed by atoms with Gasteiger partial charge in [-0.05, 0) is 49.1 Å². The summed E-state index contributed by atoms with van der Waals surface area (Å²) in [5.74, 6) is -0.620. The molecule has 0 radical (unpaired) electrons. The summed E-state index contributed by atoms with van der Waals surface area (Å²) in [5, 5.41) is 12.0. The third kappa shape index (κ3) is 3.84. The number of nitrogens with zero attached hydrogens (tertiary/aromatic N) is 1. The van der Waals surface area contributed by atoms with Crippen molar-refractivity contribution >= 4 is 12.0 Å². The molecule has 0 spiro atoms.